The molecule has 6 heteroatoms. The van der Waals surface area contributed by atoms with Crippen LogP contribution in [0.2, 0.25) is 0 Å². The lowest BCUT2D eigenvalue weighted by atomic mass is 10.1. The maximum absolute atomic E-state index is 5.93. The average molecular weight is 383 g/mol. The summed E-state index contributed by atoms with van der Waals surface area (Å²) in [7, 11) is 0. The third-order valence-corrected chi connectivity index (χ3v) is 4.64. The fourth-order valence-corrected chi connectivity index (χ4v) is 3.25. The van der Waals surface area contributed by atoms with Gasteiger partial charge in [0, 0.05) is 31.7 Å². The van der Waals surface area contributed by atoms with Crippen molar-refractivity contribution in [2.24, 2.45) is 10.9 Å². The van der Waals surface area contributed by atoms with E-state index >= 15 is 0 Å². The van der Waals surface area contributed by atoms with E-state index in [1.165, 1.54) is 5.56 Å². The van der Waals surface area contributed by atoms with Crippen LogP contribution in [0.4, 0.5) is 0 Å². The normalized spacial score (nSPS) is 17.0. The van der Waals surface area contributed by atoms with E-state index in [0.29, 0.717) is 25.7 Å². The van der Waals surface area contributed by atoms with Gasteiger partial charge in [0.15, 0.2) is 5.96 Å². The molecule has 1 atom stereocenters. The van der Waals surface area contributed by atoms with E-state index in [1.807, 2.05) is 30.3 Å². The van der Waals surface area contributed by atoms with E-state index in [2.05, 4.69) is 34.3 Å². The minimum atomic E-state index is 0.540. The average Bonchev–Trinajstić information content (AvgIpc) is 3.21. The maximum Gasteiger partial charge on any atom is 0.194 e. The SMILES string of the molecule is CCNC(=NCCOc1cccnc1)N1CCC(COCc2ccccc2)C1. The van der Waals surface area contributed by atoms with Gasteiger partial charge in [0.2, 0.25) is 0 Å². The van der Waals surface area contributed by atoms with Gasteiger partial charge < -0.3 is 19.7 Å². The number of hydrogen-bond donors (Lipinski definition) is 1. The number of likely N-dealkylation sites (tertiary alicyclic amines) is 1. The molecular weight excluding hydrogens is 352 g/mol. The number of ether oxygens (including phenoxy) is 2. The molecule has 28 heavy (non-hydrogen) atoms. The molecule has 0 radical (unpaired) electrons. The molecular formula is C22H30N4O2. The number of pyridine rings is 1. The molecule has 2 heterocycles. The molecule has 3 rings (SSSR count). The van der Waals surface area contributed by atoms with E-state index in [0.717, 1.165) is 44.4 Å². The summed E-state index contributed by atoms with van der Waals surface area (Å²) in [4.78, 5) is 11.1. The van der Waals surface area contributed by atoms with Crippen molar-refractivity contribution in [3.8, 4) is 5.75 Å². The first-order chi connectivity index (χ1) is 13.8. The van der Waals surface area contributed by atoms with Crippen molar-refractivity contribution in [3.05, 3.63) is 60.4 Å². The number of guanidine groups is 1. The highest BCUT2D eigenvalue weighted by atomic mass is 16.5. The highest BCUT2D eigenvalue weighted by Crippen LogP contribution is 2.17. The van der Waals surface area contributed by atoms with Crippen molar-refractivity contribution >= 4 is 5.96 Å². The third kappa shape index (κ3) is 6.53. The molecule has 1 aromatic carbocycles. The number of aromatic nitrogens is 1. The van der Waals surface area contributed by atoms with E-state index < -0.39 is 0 Å². The van der Waals surface area contributed by atoms with Crippen LogP contribution in [0.15, 0.2) is 59.9 Å². The molecule has 0 spiro atoms. The lowest BCUT2D eigenvalue weighted by Gasteiger charge is -2.21. The quantitative estimate of drug-likeness (QED) is 0.410. The van der Waals surface area contributed by atoms with Crippen molar-refractivity contribution in [2.75, 3.05) is 39.4 Å². The number of hydrogen-bond acceptors (Lipinski definition) is 4. The number of rotatable bonds is 9. The van der Waals surface area contributed by atoms with Gasteiger partial charge in [-0.05, 0) is 31.0 Å². The zero-order chi connectivity index (χ0) is 19.4. The van der Waals surface area contributed by atoms with Crippen molar-refractivity contribution < 1.29 is 9.47 Å². The van der Waals surface area contributed by atoms with Gasteiger partial charge >= 0.3 is 0 Å². The zero-order valence-electron chi connectivity index (χ0n) is 16.6. The summed E-state index contributed by atoms with van der Waals surface area (Å²) in [6.45, 7) is 7.55. The molecule has 0 bridgehead atoms. The van der Waals surface area contributed by atoms with Crippen molar-refractivity contribution in [3.63, 3.8) is 0 Å². The molecule has 6 nitrogen and oxygen atoms in total. The minimum Gasteiger partial charge on any atom is -0.490 e. The smallest absolute Gasteiger partial charge is 0.194 e. The van der Waals surface area contributed by atoms with Gasteiger partial charge in [0.25, 0.3) is 0 Å². The summed E-state index contributed by atoms with van der Waals surface area (Å²) < 4.78 is 11.6. The highest BCUT2D eigenvalue weighted by molar-refractivity contribution is 5.80. The number of aliphatic imine (C=N–C) groups is 1. The highest BCUT2D eigenvalue weighted by Gasteiger charge is 2.24. The zero-order valence-corrected chi connectivity index (χ0v) is 16.6. The van der Waals surface area contributed by atoms with Gasteiger partial charge in [-0.2, -0.15) is 0 Å². The molecule has 1 aromatic heterocycles. The van der Waals surface area contributed by atoms with Crippen LogP contribution < -0.4 is 10.1 Å². The molecule has 1 aliphatic heterocycles. The van der Waals surface area contributed by atoms with Crippen LogP contribution in [0.1, 0.15) is 18.9 Å². The van der Waals surface area contributed by atoms with Gasteiger partial charge in [-0.1, -0.05) is 30.3 Å². The molecule has 1 fully saturated rings. The first kappa shape index (κ1) is 20.1. The lowest BCUT2D eigenvalue weighted by Crippen LogP contribution is -2.40. The van der Waals surface area contributed by atoms with E-state index in [-0.39, 0.29) is 0 Å². The second kappa shape index (κ2) is 11.3. The second-order valence-corrected chi connectivity index (χ2v) is 6.87. The van der Waals surface area contributed by atoms with Crippen LogP contribution >= 0.6 is 0 Å². The molecule has 1 aliphatic rings. The molecule has 0 aliphatic carbocycles. The molecule has 1 N–H and O–H groups in total. The largest absolute Gasteiger partial charge is 0.490 e. The second-order valence-electron chi connectivity index (χ2n) is 6.87. The molecule has 2 aromatic rings. The van der Waals surface area contributed by atoms with Crippen LogP contribution in [-0.2, 0) is 11.3 Å². The maximum atomic E-state index is 5.93. The summed E-state index contributed by atoms with van der Waals surface area (Å²) >= 11 is 0. The Morgan fingerprint density at radius 2 is 2.14 bits per heavy atom. The van der Waals surface area contributed by atoms with Gasteiger partial charge in [0.05, 0.1) is 26.0 Å². The van der Waals surface area contributed by atoms with Crippen molar-refractivity contribution in [1.82, 2.24) is 15.2 Å². The summed E-state index contributed by atoms with van der Waals surface area (Å²) in [5, 5.41) is 3.39. The summed E-state index contributed by atoms with van der Waals surface area (Å²) in [5.74, 6) is 2.28. The van der Waals surface area contributed by atoms with Crippen LogP contribution in [0, 0.1) is 5.92 Å². The predicted octanol–water partition coefficient (Wildman–Crippen LogP) is 2.96. The monoisotopic (exact) mass is 382 g/mol. The fourth-order valence-electron chi connectivity index (χ4n) is 3.25. The van der Waals surface area contributed by atoms with E-state index in [1.54, 1.807) is 12.4 Å². The van der Waals surface area contributed by atoms with Crippen LogP contribution in [0.25, 0.3) is 0 Å². The Kier molecular flexibility index (Phi) is 8.12. The molecule has 1 saturated heterocycles. The third-order valence-electron chi connectivity index (χ3n) is 4.64. The molecule has 1 unspecified atom stereocenters. The molecule has 0 saturated carbocycles. The standard InChI is InChI=1S/C22H30N4O2/c1-2-24-22(25-12-14-28-21-9-6-11-23-15-21)26-13-10-20(16-26)18-27-17-19-7-4-3-5-8-19/h3-9,11,15,20H,2,10,12-14,16-18H2,1H3,(H,24,25). The van der Waals surface area contributed by atoms with Gasteiger partial charge in [-0.25, -0.2) is 4.99 Å². The molecule has 0 amide bonds. The Labute approximate surface area is 167 Å². The Balaban J connectivity index is 1.41. The Hall–Kier alpha value is -2.60. The van der Waals surface area contributed by atoms with Crippen molar-refractivity contribution in [2.45, 2.75) is 20.0 Å². The van der Waals surface area contributed by atoms with Gasteiger partial charge in [-0.15, -0.1) is 0 Å². The summed E-state index contributed by atoms with van der Waals surface area (Å²) in [6, 6.07) is 14.1. The van der Waals surface area contributed by atoms with Gasteiger partial charge in [0.1, 0.15) is 12.4 Å². The number of benzene rings is 1. The minimum absolute atomic E-state index is 0.540. The topological polar surface area (TPSA) is 59.0 Å². The van der Waals surface area contributed by atoms with Crippen LogP contribution in [0.3, 0.4) is 0 Å². The Morgan fingerprint density at radius 1 is 1.25 bits per heavy atom. The van der Waals surface area contributed by atoms with Crippen LogP contribution in [-0.4, -0.2) is 55.2 Å². The summed E-state index contributed by atoms with van der Waals surface area (Å²) in [5.41, 5.74) is 1.22. The predicted molar refractivity (Wildman–Crippen MR) is 111 cm³/mol. The molecule has 150 valence electrons. The fraction of sp³-hybridized carbons (Fsp3) is 0.455. The van der Waals surface area contributed by atoms with E-state index in [9.17, 15) is 0 Å². The number of nitrogens with zero attached hydrogens (tertiary/aromatic N) is 3. The summed E-state index contributed by atoms with van der Waals surface area (Å²) in [6.07, 6.45) is 4.59. The first-order valence-corrected chi connectivity index (χ1v) is 10.0. The van der Waals surface area contributed by atoms with Crippen molar-refractivity contribution in [1.29, 1.82) is 0 Å². The van der Waals surface area contributed by atoms with E-state index in [4.69, 9.17) is 14.5 Å². The Morgan fingerprint density at radius 3 is 2.93 bits per heavy atom. The Bertz CT molecular complexity index is 709. The number of nitrogens with one attached hydrogen (secondary N) is 1. The lowest BCUT2D eigenvalue weighted by molar-refractivity contribution is 0.0906. The first-order valence-electron chi connectivity index (χ1n) is 10.0. The van der Waals surface area contributed by atoms with Gasteiger partial charge in [-0.3, -0.25) is 4.98 Å². The van der Waals surface area contributed by atoms with Crippen LogP contribution in [0.5, 0.6) is 5.75 Å².